The number of carbonyl (C=O) groups excluding carboxylic acids is 1. The van der Waals surface area contributed by atoms with Crippen molar-refractivity contribution in [1.82, 2.24) is 14.9 Å². The summed E-state index contributed by atoms with van der Waals surface area (Å²) in [6.45, 7) is 5.80. The summed E-state index contributed by atoms with van der Waals surface area (Å²) < 4.78 is 1.38. The summed E-state index contributed by atoms with van der Waals surface area (Å²) in [4.78, 5) is 31.5. The van der Waals surface area contributed by atoms with E-state index < -0.39 is 0 Å². The van der Waals surface area contributed by atoms with Crippen LogP contribution in [0.25, 0.3) is 21.0 Å². The Hall–Kier alpha value is -2.99. The third-order valence-corrected chi connectivity index (χ3v) is 6.25. The first-order valence-corrected chi connectivity index (χ1v) is 9.99. The second-order valence-electron chi connectivity index (χ2n) is 7.00. The van der Waals surface area contributed by atoms with E-state index in [0.717, 1.165) is 31.6 Å². The van der Waals surface area contributed by atoms with Crippen LogP contribution in [0.3, 0.4) is 0 Å². The van der Waals surface area contributed by atoms with Crippen LogP contribution in [0.2, 0.25) is 0 Å². The Morgan fingerprint density at radius 3 is 2.75 bits per heavy atom. The van der Waals surface area contributed by atoms with Crippen molar-refractivity contribution in [3.05, 3.63) is 75.1 Å². The van der Waals surface area contributed by atoms with E-state index in [-0.39, 0.29) is 24.1 Å². The number of nitrogens with one attached hydrogen (secondary N) is 1. The minimum atomic E-state index is -0.215. The maximum absolute atomic E-state index is 12.8. The first kappa shape index (κ1) is 18.4. The van der Waals surface area contributed by atoms with E-state index in [1.807, 2.05) is 45.0 Å². The average Bonchev–Trinajstić information content (AvgIpc) is 2.98. The third-order valence-electron chi connectivity index (χ3n) is 5.14. The number of nitrogens with zero attached hydrogens (tertiary/aromatic N) is 2. The first-order chi connectivity index (χ1) is 13.5. The molecular weight excluding hydrogens is 370 g/mol. The number of aromatic nitrogens is 2. The molecular formula is C22H21N3O2S. The summed E-state index contributed by atoms with van der Waals surface area (Å²) in [5.41, 5.74) is 1.83. The van der Waals surface area contributed by atoms with Gasteiger partial charge in [-0.3, -0.25) is 14.2 Å². The minimum Gasteiger partial charge on any atom is -0.348 e. The molecule has 0 fully saturated rings. The van der Waals surface area contributed by atoms with E-state index in [1.54, 1.807) is 0 Å². The number of fused-ring (bicyclic) bond motifs is 2. The standard InChI is InChI=1S/C22H21N3O2S/c1-13-15(3)28-21-20(13)22(27)25(12-23-21)11-19(26)24-14(2)17-10-6-8-16-7-4-5-9-18(16)17/h4-10,12,14H,11H2,1-3H3,(H,24,26). The van der Waals surface area contributed by atoms with Crippen LogP contribution in [-0.4, -0.2) is 15.5 Å². The van der Waals surface area contributed by atoms with Gasteiger partial charge >= 0.3 is 0 Å². The van der Waals surface area contributed by atoms with Crippen LogP contribution in [0.4, 0.5) is 0 Å². The monoisotopic (exact) mass is 391 g/mol. The number of thiophene rings is 1. The molecule has 2 aromatic heterocycles. The van der Waals surface area contributed by atoms with Crippen LogP contribution in [0.5, 0.6) is 0 Å². The van der Waals surface area contributed by atoms with Crippen molar-refractivity contribution in [2.24, 2.45) is 0 Å². The molecule has 28 heavy (non-hydrogen) atoms. The summed E-state index contributed by atoms with van der Waals surface area (Å²) in [6.07, 6.45) is 1.46. The Labute approximate surface area is 166 Å². The largest absolute Gasteiger partial charge is 0.348 e. The molecule has 1 unspecified atom stereocenters. The fraction of sp³-hybridized carbons (Fsp3) is 0.227. The molecule has 6 heteroatoms. The number of rotatable bonds is 4. The van der Waals surface area contributed by atoms with E-state index in [0.29, 0.717) is 5.39 Å². The Morgan fingerprint density at radius 2 is 1.93 bits per heavy atom. The molecule has 142 valence electrons. The SMILES string of the molecule is Cc1sc2ncn(CC(=O)NC(C)c3cccc4ccccc34)c(=O)c2c1C. The van der Waals surface area contributed by atoms with E-state index in [1.165, 1.54) is 22.2 Å². The molecule has 1 N–H and O–H groups in total. The average molecular weight is 391 g/mol. The molecule has 4 rings (SSSR count). The Kier molecular flexibility index (Phi) is 4.73. The maximum atomic E-state index is 12.8. The van der Waals surface area contributed by atoms with Crippen molar-refractivity contribution in [2.45, 2.75) is 33.4 Å². The molecule has 1 atom stereocenters. The predicted molar refractivity (Wildman–Crippen MR) is 114 cm³/mol. The van der Waals surface area contributed by atoms with E-state index in [9.17, 15) is 9.59 Å². The molecule has 5 nitrogen and oxygen atoms in total. The number of hydrogen-bond acceptors (Lipinski definition) is 4. The van der Waals surface area contributed by atoms with Crippen molar-refractivity contribution in [3.8, 4) is 0 Å². The lowest BCUT2D eigenvalue weighted by Crippen LogP contribution is -2.34. The zero-order chi connectivity index (χ0) is 19.8. The lowest BCUT2D eigenvalue weighted by Gasteiger charge is -2.17. The quantitative estimate of drug-likeness (QED) is 0.569. The zero-order valence-electron chi connectivity index (χ0n) is 16.0. The van der Waals surface area contributed by atoms with Crippen molar-refractivity contribution >= 4 is 38.2 Å². The highest BCUT2D eigenvalue weighted by Gasteiger charge is 2.16. The van der Waals surface area contributed by atoms with Crippen molar-refractivity contribution < 1.29 is 4.79 Å². The van der Waals surface area contributed by atoms with Crippen LogP contribution in [-0.2, 0) is 11.3 Å². The first-order valence-electron chi connectivity index (χ1n) is 9.18. The molecule has 0 saturated carbocycles. The Balaban J connectivity index is 1.58. The molecule has 0 radical (unpaired) electrons. The van der Waals surface area contributed by atoms with E-state index in [2.05, 4.69) is 28.5 Å². The molecule has 0 aliphatic rings. The predicted octanol–water partition coefficient (Wildman–Crippen LogP) is 4.11. The summed E-state index contributed by atoms with van der Waals surface area (Å²) >= 11 is 1.50. The zero-order valence-corrected chi connectivity index (χ0v) is 16.8. The second-order valence-corrected chi connectivity index (χ2v) is 8.20. The third kappa shape index (κ3) is 3.20. The Morgan fingerprint density at radius 1 is 1.18 bits per heavy atom. The van der Waals surface area contributed by atoms with Crippen LogP contribution in [0, 0.1) is 13.8 Å². The van der Waals surface area contributed by atoms with E-state index >= 15 is 0 Å². The number of carbonyl (C=O) groups is 1. The second kappa shape index (κ2) is 7.20. The highest BCUT2D eigenvalue weighted by Crippen LogP contribution is 2.26. The summed E-state index contributed by atoms with van der Waals surface area (Å²) in [6, 6.07) is 14.0. The molecule has 1 amide bonds. The maximum Gasteiger partial charge on any atom is 0.262 e. The minimum absolute atomic E-state index is 0.0504. The summed E-state index contributed by atoms with van der Waals surface area (Å²) in [5, 5.41) is 5.87. The normalized spacial score (nSPS) is 12.4. The molecule has 0 saturated heterocycles. The van der Waals surface area contributed by atoms with Crippen LogP contribution < -0.4 is 10.9 Å². The van der Waals surface area contributed by atoms with Crippen LogP contribution in [0.15, 0.2) is 53.6 Å². The molecule has 0 spiro atoms. The van der Waals surface area contributed by atoms with Gasteiger partial charge in [0, 0.05) is 4.88 Å². The Bertz CT molecular complexity index is 1250. The van der Waals surface area contributed by atoms with Crippen LogP contribution in [0.1, 0.15) is 29.0 Å². The van der Waals surface area contributed by atoms with Gasteiger partial charge in [-0.1, -0.05) is 42.5 Å². The lowest BCUT2D eigenvalue weighted by molar-refractivity contribution is -0.122. The van der Waals surface area contributed by atoms with Crippen LogP contribution >= 0.6 is 11.3 Å². The van der Waals surface area contributed by atoms with Gasteiger partial charge in [-0.25, -0.2) is 4.98 Å². The fourth-order valence-electron chi connectivity index (χ4n) is 3.53. The van der Waals surface area contributed by atoms with Gasteiger partial charge in [0.2, 0.25) is 5.91 Å². The molecule has 0 aliphatic carbocycles. The fourth-order valence-corrected chi connectivity index (χ4v) is 4.52. The highest BCUT2D eigenvalue weighted by atomic mass is 32.1. The van der Waals surface area contributed by atoms with Gasteiger partial charge < -0.3 is 5.32 Å². The smallest absolute Gasteiger partial charge is 0.262 e. The van der Waals surface area contributed by atoms with Gasteiger partial charge in [0.15, 0.2) is 0 Å². The molecule has 0 aliphatic heterocycles. The van der Waals surface area contributed by atoms with Gasteiger partial charge in [0.05, 0.1) is 17.8 Å². The molecule has 2 heterocycles. The van der Waals surface area contributed by atoms with E-state index in [4.69, 9.17) is 0 Å². The van der Waals surface area contributed by atoms with Crippen molar-refractivity contribution in [3.63, 3.8) is 0 Å². The molecule has 2 aromatic carbocycles. The number of amides is 1. The summed E-state index contributed by atoms with van der Waals surface area (Å²) in [5.74, 6) is -0.215. The topological polar surface area (TPSA) is 64.0 Å². The number of aryl methyl sites for hydroxylation is 2. The molecule has 0 bridgehead atoms. The molecule has 4 aromatic rings. The van der Waals surface area contributed by atoms with Gasteiger partial charge in [-0.2, -0.15) is 0 Å². The lowest BCUT2D eigenvalue weighted by atomic mass is 10.00. The number of hydrogen-bond donors (Lipinski definition) is 1. The van der Waals surface area contributed by atoms with Gasteiger partial charge in [0.25, 0.3) is 5.56 Å². The van der Waals surface area contributed by atoms with Crippen molar-refractivity contribution in [1.29, 1.82) is 0 Å². The van der Waals surface area contributed by atoms with Gasteiger partial charge in [0.1, 0.15) is 11.4 Å². The highest BCUT2D eigenvalue weighted by molar-refractivity contribution is 7.18. The van der Waals surface area contributed by atoms with Gasteiger partial charge in [-0.05, 0) is 42.7 Å². The van der Waals surface area contributed by atoms with Gasteiger partial charge in [-0.15, -0.1) is 11.3 Å². The van der Waals surface area contributed by atoms with Crippen molar-refractivity contribution in [2.75, 3.05) is 0 Å². The number of benzene rings is 2. The summed E-state index contributed by atoms with van der Waals surface area (Å²) in [7, 11) is 0.